The predicted molar refractivity (Wildman–Crippen MR) is 75.2 cm³/mol. The zero-order chi connectivity index (χ0) is 13.5. The largest absolute Gasteiger partial charge is 0.354 e. The Morgan fingerprint density at radius 3 is 2.61 bits per heavy atom. The van der Waals surface area contributed by atoms with Gasteiger partial charge in [-0.3, -0.25) is 16.1 Å². The maximum absolute atomic E-state index is 7.63. The first-order chi connectivity index (χ1) is 8.47. The molecule has 1 aromatic carbocycles. The van der Waals surface area contributed by atoms with Gasteiger partial charge in [0.05, 0.1) is 0 Å². The molecule has 0 fully saturated rings. The Hall–Kier alpha value is -1.75. The lowest BCUT2D eigenvalue weighted by Crippen LogP contribution is -2.47. The number of hydrogen-bond donors (Lipinski definition) is 5. The molecule has 6 heteroatoms. The highest BCUT2D eigenvalue weighted by Crippen LogP contribution is 2.09. The van der Waals surface area contributed by atoms with Crippen LogP contribution in [0, 0.1) is 10.8 Å². The van der Waals surface area contributed by atoms with Gasteiger partial charge in [-0.1, -0.05) is 23.7 Å². The van der Waals surface area contributed by atoms with Crippen molar-refractivity contribution < 1.29 is 0 Å². The molecule has 0 heterocycles. The van der Waals surface area contributed by atoms with Gasteiger partial charge in [0.2, 0.25) is 0 Å². The standard InChI is InChI=1S/C12H18ClN5/c1-8(2)17-12(15)18-11(14)16-7-9-4-3-5-10(13)6-9/h3-6,8H,7H2,1-2H3,(H5,14,15,16,17,18). The van der Waals surface area contributed by atoms with Crippen LogP contribution in [-0.4, -0.2) is 18.0 Å². The molecule has 0 aliphatic heterocycles. The van der Waals surface area contributed by atoms with Crippen molar-refractivity contribution in [1.29, 1.82) is 10.8 Å². The fourth-order valence-electron chi connectivity index (χ4n) is 1.33. The summed E-state index contributed by atoms with van der Waals surface area (Å²) in [7, 11) is 0. The van der Waals surface area contributed by atoms with Gasteiger partial charge in [0.25, 0.3) is 0 Å². The van der Waals surface area contributed by atoms with E-state index >= 15 is 0 Å². The Morgan fingerprint density at radius 1 is 1.28 bits per heavy atom. The van der Waals surface area contributed by atoms with Crippen molar-refractivity contribution in [2.75, 3.05) is 0 Å². The van der Waals surface area contributed by atoms with Crippen molar-refractivity contribution >= 4 is 23.5 Å². The molecule has 0 atom stereocenters. The summed E-state index contributed by atoms with van der Waals surface area (Å²) in [6.07, 6.45) is 0. The van der Waals surface area contributed by atoms with Gasteiger partial charge in [-0.25, -0.2) is 0 Å². The Balaban J connectivity index is 2.35. The van der Waals surface area contributed by atoms with Crippen molar-refractivity contribution in [3.05, 3.63) is 34.9 Å². The van der Waals surface area contributed by atoms with Gasteiger partial charge in [-0.15, -0.1) is 0 Å². The summed E-state index contributed by atoms with van der Waals surface area (Å²) in [4.78, 5) is 0. The van der Waals surface area contributed by atoms with Crippen LogP contribution < -0.4 is 16.0 Å². The van der Waals surface area contributed by atoms with Gasteiger partial charge >= 0.3 is 0 Å². The average Bonchev–Trinajstić information content (AvgIpc) is 2.25. The minimum absolute atomic E-state index is 0.0770. The summed E-state index contributed by atoms with van der Waals surface area (Å²) in [6.45, 7) is 4.35. The van der Waals surface area contributed by atoms with Gasteiger partial charge < -0.3 is 10.6 Å². The summed E-state index contributed by atoms with van der Waals surface area (Å²) in [6, 6.07) is 7.57. The molecule has 0 aromatic heterocycles. The van der Waals surface area contributed by atoms with E-state index in [-0.39, 0.29) is 18.0 Å². The topological polar surface area (TPSA) is 83.8 Å². The van der Waals surface area contributed by atoms with E-state index in [2.05, 4.69) is 16.0 Å². The third-order valence-corrected chi connectivity index (χ3v) is 2.28. The fourth-order valence-corrected chi connectivity index (χ4v) is 1.54. The molecule has 0 aliphatic carbocycles. The van der Waals surface area contributed by atoms with Crippen molar-refractivity contribution in [3.8, 4) is 0 Å². The normalized spacial score (nSPS) is 10.0. The first kappa shape index (κ1) is 14.3. The predicted octanol–water partition coefficient (Wildman–Crippen LogP) is 1.89. The molecule has 98 valence electrons. The van der Waals surface area contributed by atoms with Crippen LogP contribution in [0.15, 0.2) is 24.3 Å². The highest BCUT2D eigenvalue weighted by Gasteiger charge is 2.02. The number of hydrogen-bond acceptors (Lipinski definition) is 2. The van der Waals surface area contributed by atoms with Crippen LogP contribution in [0.4, 0.5) is 0 Å². The van der Waals surface area contributed by atoms with Gasteiger partial charge in [-0.2, -0.15) is 0 Å². The quantitative estimate of drug-likeness (QED) is 0.428. The van der Waals surface area contributed by atoms with Crippen molar-refractivity contribution in [3.63, 3.8) is 0 Å². The smallest absolute Gasteiger partial charge is 0.195 e. The molecule has 0 saturated carbocycles. The molecule has 18 heavy (non-hydrogen) atoms. The molecule has 0 radical (unpaired) electrons. The van der Waals surface area contributed by atoms with E-state index in [0.717, 1.165) is 5.56 Å². The Kier molecular flexibility index (Phi) is 5.45. The number of rotatable bonds is 3. The van der Waals surface area contributed by atoms with Crippen LogP contribution in [0.1, 0.15) is 19.4 Å². The second-order valence-corrected chi connectivity index (χ2v) is 4.59. The minimum atomic E-state index is 0.0770. The molecule has 0 spiro atoms. The summed E-state index contributed by atoms with van der Waals surface area (Å²) in [5.74, 6) is 0.182. The minimum Gasteiger partial charge on any atom is -0.354 e. The van der Waals surface area contributed by atoms with E-state index < -0.39 is 0 Å². The van der Waals surface area contributed by atoms with E-state index in [1.54, 1.807) is 6.07 Å². The van der Waals surface area contributed by atoms with E-state index in [9.17, 15) is 0 Å². The van der Waals surface area contributed by atoms with Gasteiger partial charge in [0.1, 0.15) is 0 Å². The lowest BCUT2D eigenvalue weighted by atomic mass is 10.2. The highest BCUT2D eigenvalue weighted by atomic mass is 35.5. The monoisotopic (exact) mass is 267 g/mol. The summed E-state index contributed by atoms with van der Waals surface area (Å²) >= 11 is 5.86. The van der Waals surface area contributed by atoms with Crippen molar-refractivity contribution in [2.45, 2.75) is 26.4 Å². The molecule has 0 saturated heterocycles. The van der Waals surface area contributed by atoms with Crippen LogP contribution >= 0.6 is 11.6 Å². The molecular formula is C12H18ClN5. The molecule has 0 aliphatic rings. The average molecular weight is 268 g/mol. The van der Waals surface area contributed by atoms with E-state index in [1.807, 2.05) is 32.0 Å². The summed E-state index contributed by atoms with van der Waals surface area (Å²) < 4.78 is 0. The van der Waals surface area contributed by atoms with Gasteiger partial charge in [0.15, 0.2) is 11.9 Å². The maximum Gasteiger partial charge on any atom is 0.195 e. The van der Waals surface area contributed by atoms with Crippen LogP contribution in [0.3, 0.4) is 0 Å². The van der Waals surface area contributed by atoms with Crippen LogP contribution in [0.5, 0.6) is 0 Å². The zero-order valence-electron chi connectivity index (χ0n) is 10.5. The third kappa shape index (κ3) is 5.54. The molecule has 5 nitrogen and oxygen atoms in total. The summed E-state index contributed by atoms with van der Waals surface area (Å²) in [5, 5.41) is 24.2. The number of benzene rings is 1. The summed E-state index contributed by atoms with van der Waals surface area (Å²) in [5.41, 5.74) is 0.984. The first-order valence-electron chi connectivity index (χ1n) is 5.66. The Bertz CT molecular complexity index is 430. The first-order valence-corrected chi connectivity index (χ1v) is 6.04. The number of guanidine groups is 2. The maximum atomic E-state index is 7.63. The highest BCUT2D eigenvalue weighted by molar-refractivity contribution is 6.30. The van der Waals surface area contributed by atoms with Crippen LogP contribution in [0.25, 0.3) is 0 Å². The lowest BCUT2D eigenvalue weighted by Gasteiger charge is -2.14. The lowest BCUT2D eigenvalue weighted by molar-refractivity contribution is 0.714. The SMILES string of the molecule is CC(C)NC(=N)NC(=N)NCc1cccc(Cl)c1. The van der Waals surface area contributed by atoms with E-state index in [1.165, 1.54) is 0 Å². The molecule has 5 N–H and O–H groups in total. The second kappa shape index (κ2) is 6.86. The second-order valence-electron chi connectivity index (χ2n) is 4.16. The van der Waals surface area contributed by atoms with Crippen LogP contribution in [-0.2, 0) is 6.54 Å². The number of nitrogens with one attached hydrogen (secondary N) is 5. The molecule has 0 unspecified atom stereocenters. The molecule has 1 aromatic rings. The van der Waals surface area contributed by atoms with E-state index in [4.69, 9.17) is 22.4 Å². The van der Waals surface area contributed by atoms with Gasteiger partial charge in [-0.05, 0) is 31.5 Å². The zero-order valence-corrected chi connectivity index (χ0v) is 11.2. The molecule has 0 amide bonds. The molecule has 0 bridgehead atoms. The molecular weight excluding hydrogens is 250 g/mol. The third-order valence-electron chi connectivity index (χ3n) is 2.04. The fraction of sp³-hybridized carbons (Fsp3) is 0.333. The number of halogens is 1. The molecule has 1 rings (SSSR count). The Morgan fingerprint density at radius 2 is 2.00 bits per heavy atom. The van der Waals surface area contributed by atoms with Gasteiger partial charge in [0, 0.05) is 17.6 Å². The Labute approximate surface area is 112 Å². The van der Waals surface area contributed by atoms with Crippen molar-refractivity contribution in [2.24, 2.45) is 0 Å². The van der Waals surface area contributed by atoms with Crippen molar-refractivity contribution in [1.82, 2.24) is 16.0 Å². The van der Waals surface area contributed by atoms with Crippen LogP contribution in [0.2, 0.25) is 5.02 Å². The van der Waals surface area contributed by atoms with E-state index in [0.29, 0.717) is 11.6 Å².